The monoisotopic (exact) mass is 362 g/mol. The van der Waals surface area contributed by atoms with Crippen molar-refractivity contribution in [2.75, 3.05) is 10.6 Å². The van der Waals surface area contributed by atoms with E-state index in [1.807, 2.05) is 48.5 Å². The van der Waals surface area contributed by atoms with E-state index in [4.69, 9.17) is 0 Å². The van der Waals surface area contributed by atoms with Gasteiger partial charge in [-0.15, -0.1) is 0 Å². The second kappa shape index (κ2) is 8.04. The average Bonchev–Trinajstić information content (AvgIpc) is 2.62. The number of nitrogens with one attached hydrogen (secondary N) is 2. The van der Waals surface area contributed by atoms with Crippen LogP contribution in [0.25, 0.3) is 0 Å². The van der Waals surface area contributed by atoms with E-state index >= 15 is 0 Å². The molecular formula is C23H26N2O2. The van der Waals surface area contributed by atoms with Gasteiger partial charge in [-0.1, -0.05) is 51.3 Å². The fourth-order valence-electron chi connectivity index (χ4n) is 2.58. The number of hydrogen-bond donors (Lipinski definition) is 2. The Morgan fingerprint density at radius 2 is 1.00 bits per heavy atom. The Kier molecular flexibility index (Phi) is 6.01. The van der Waals surface area contributed by atoms with E-state index in [2.05, 4.69) is 37.6 Å². The van der Waals surface area contributed by atoms with Gasteiger partial charge in [0, 0.05) is 27.9 Å². The highest BCUT2D eigenvalue weighted by Gasteiger charge is 2.23. The van der Waals surface area contributed by atoms with Crippen molar-refractivity contribution in [2.45, 2.75) is 33.1 Å². The van der Waals surface area contributed by atoms with E-state index < -0.39 is 0 Å². The van der Waals surface area contributed by atoms with Crippen LogP contribution < -0.4 is 10.6 Å². The number of benzene rings is 2. The Morgan fingerprint density at radius 1 is 0.704 bits per heavy atom. The first kappa shape index (κ1) is 20.2. The molecule has 0 aliphatic carbocycles. The summed E-state index contributed by atoms with van der Waals surface area (Å²) in [5, 5.41) is 5.62. The highest BCUT2D eigenvalue weighted by atomic mass is 16.2. The van der Waals surface area contributed by atoms with Crippen molar-refractivity contribution in [3.8, 4) is 0 Å². The lowest BCUT2D eigenvalue weighted by molar-refractivity contribution is -0.113. The summed E-state index contributed by atoms with van der Waals surface area (Å²) < 4.78 is 0. The largest absolute Gasteiger partial charge is 0.322 e. The molecule has 0 aliphatic heterocycles. The fraction of sp³-hybridized carbons (Fsp3) is 0.217. The number of amides is 2. The van der Waals surface area contributed by atoms with Gasteiger partial charge in [0.2, 0.25) is 0 Å². The molecule has 2 rings (SSSR count). The zero-order valence-electron chi connectivity index (χ0n) is 16.3. The van der Waals surface area contributed by atoms with Crippen LogP contribution in [-0.4, -0.2) is 11.8 Å². The Labute approximate surface area is 161 Å². The lowest BCUT2D eigenvalue weighted by Gasteiger charge is -2.26. The van der Waals surface area contributed by atoms with Crippen LogP contribution in [0.2, 0.25) is 0 Å². The Bertz CT molecular complexity index is 802. The second-order valence-corrected chi connectivity index (χ2v) is 7.25. The first-order chi connectivity index (χ1) is 12.6. The molecule has 0 saturated heterocycles. The fourth-order valence-corrected chi connectivity index (χ4v) is 2.58. The summed E-state index contributed by atoms with van der Waals surface area (Å²) in [4.78, 5) is 23.4. The molecule has 2 aromatic carbocycles. The lowest BCUT2D eigenvalue weighted by Crippen LogP contribution is -2.19. The first-order valence-corrected chi connectivity index (χ1v) is 8.76. The maximum absolute atomic E-state index is 11.7. The summed E-state index contributed by atoms with van der Waals surface area (Å²) in [6.07, 6.45) is 0. The number of hydrogen-bond acceptors (Lipinski definition) is 2. The molecular weight excluding hydrogens is 336 g/mol. The smallest absolute Gasteiger partial charge is 0.250 e. The van der Waals surface area contributed by atoms with Crippen LogP contribution in [0.1, 0.15) is 38.8 Å². The van der Waals surface area contributed by atoms with Crippen molar-refractivity contribution >= 4 is 23.2 Å². The molecule has 0 unspecified atom stereocenters. The molecule has 0 aromatic heterocycles. The van der Waals surface area contributed by atoms with Gasteiger partial charge in [0.25, 0.3) is 11.8 Å². The summed E-state index contributed by atoms with van der Waals surface area (Å²) in [7, 11) is 0. The normalized spacial score (nSPS) is 10.8. The Morgan fingerprint density at radius 3 is 1.26 bits per heavy atom. The van der Waals surface area contributed by atoms with E-state index in [-0.39, 0.29) is 17.2 Å². The van der Waals surface area contributed by atoms with Crippen LogP contribution >= 0.6 is 0 Å². The van der Waals surface area contributed by atoms with Gasteiger partial charge >= 0.3 is 0 Å². The molecule has 2 aromatic rings. The minimum absolute atomic E-state index is 0.186. The molecule has 0 fully saturated rings. The van der Waals surface area contributed by atoms with Gasteiger partial charge in [0.15, 0.2) is 0 Å². The van der Waals surface area contributed by atoms with Crippen molar-refractivity contribution in [3.63, 3.8) is 0 Å². The molecule has 0 atom stereocenters. The zero-order valence-corrected chi connectivity index (χ0v) is 16.3. The molecule has 2 N–H and O–H groups in total. The highest BCUT2D eigenvalue weighted by molar-refractivity contribution is 6.03. The molecule has 0 spiro atoms. The first-order valence-electron chi connectivity index (χ1n) is 8.76. The van der Waals surface area contributed by atoms with Crippen molar-refractivity contribution in [3.05, 3.63) is 84.0 Å². The maximum Gasteiger partial charge on any atom is 0.250 e. The summed E-state index contributed by atoms with van der Waals surface area (Å²) in [5.74, 6) is -0.371. The molecule has 0 bridgehead atoms. The van der Waals surface area contributed by atoms with Gasteiger partial charge in [-0.05, 0) is 49.2 Å². The van der Waals surface area contributed by atoms with Crippen molar-refractivity contribution in [2.24, 2.45) is 0 Å². The number of anilines is 2. The van der Waals surface area contributed by atoms with Crippen molar-refractivity contribution < 1.29 is 9.59 Å². The third-order valence-corrected chi connectivity index (χ3v) is 4.50. The van der Waals surface area contributed by atoms with Crippen molar-refractivity contribution in [1.82, 2.24) is 0 Å². The summed E-state index contributed by atoms with van der Waals surface area (Å²) in [5.41, 5.74) is 4.43. The molecule has 0 saturated carbocycles. The molecule has 0 aliphatic rings. The van der Waals surface area contributed by atoms with E-state index in [1.165, 1.54) is 0 Å². The third kappa shape index (κ3) is 4.94. The Hall–Kier alpha value is -3.14. The van der Waals surface area contributed by atoms with Gasteiger partial charge in [-0.3, -0.25) is 9.59 Å². The predicted octanol–water partition coefficient (Wildman–Crippen LogP) is 5.04. The molecule has 140 valence electrons. The van der Waals surface area contributed by atoms with Gasteiger partial charge in [-0.2, -0.15) is 0 Å². The number of rotatable bonds is 6. The molecule has 0 radical (unpaired) electrons. The average molecular weight is 362 g/mol. The van der Waals surface area contributed by atoms with Gasteiger partial charge in [0.1, 0.15) is 0 Å². The number of carbonyl (C=O) groups is 2. The van der Waals surface area contributed by atoms with E-state index in [0.29, 0.717) is 11.1 Å². The van der Waals surface area contributed by atoms with E-state index in [0.717, 1.165) is 22.5 Å². The number of carbonyl (C=O) groups excluding carboxylic acids is 2. The quantitative estimate of drug-likeness (QED) is 0.707. The van der Waals surface area contributed by atoms with Crippen LogP contribution in [0.4, 0.5) is 11.4 Å². The Balaban J connectivity index is 2.17. The van der Waals surface area contributed by atoms with Crippen LogP contribution in [-0.2, 0) is 15.0 Å². The predicted molar refractivity (Wildman–Crippen MR) is 112 cm³/mol. The molecule has 2 amide bonds. The topological polar surface area (TPSA) is 58.2 Å². The van der Waals surface area contributed by atoms with Gasteiger partial charge in [0.05, 0.1) is 0 Å². The molecule has 4 heteroatoms. The minimum atomic E-state index is -0.228. The second-order valence-electron chi connectivity index (χ2n) is 7.25. The van der Waals surface area contributed by atoms with E-state index in [1.54, 1.807) is 13.8 Å². The summed E-state index contributed by atoms with van der Waals surface area (Å²) in [6, 6.07) is 15.6. The van der Waals surface area contributed by atoms with Crippen molar-refractivity contribution in [1.29, 1.82) is 0 Å². The van der Waals surface area contributed by atoms with Crippen LogP contribution in [0.5, 0.6) is 0 Å². The SMILES string of the molecule is C=C(C)C(=O)Nc1ccc(C(C)(C)c2ccc(NC(=O)C(=C)C)cc2)cc1. The molecule has 27 heavy (non-hydrogen) atoms. The van der Waals surface area contributed by atoms with E-state index in [9.17, 15) is 9.59 Å². The highest BCUT2D eigenvalue weighted by Crippen LogP contribution is 2.32. The molecule has 4 nitrogen and oxygen atoms in total. The summed E-state index contributed by atoms with van der Waals surface area (Å²) >= 11 is 0. The van der Waals surface area contributed by atoms with Gasteiger partial charge < -0.3 is 10.6 Å². The lowest BCUT2D eigenvalue weighted by atomic mass is 9.78. The standard InChI is InChI=1S/C23H26N2O2/c1-15(2)21(26)24-19-11-7-17(8-12-19)23(5,6)18-9-13-20(14-10-18)25-22(27)16(3)4/h7-14H,1,3H2,2,4-6H3,(H,24,26)(H,25,27). The van der Waals surface area contributed by atoms with Crippen LogP contribution in [0.15, 0.2) is 72.8 Å². The van der Waals surface area contributed by atoms with Crippen LogP contribution in [0, 0.1) is 0 Å². The summed E-state index contributed by atoms with van der Waals surface area (Å²) in [6.45, 7) is 14.9. The van der Waals surface area contributed by atoms with Gasteiger partial charge in [-0.25, -0.2) is 0 Å². The maximum atomic E-state index is 11.7. The molecule has 0 heterocycles. The minimum Gasteiger partial charge on any atom is -0.322 e. The third-order valence-electron chi connectivity index (χ3n) is 4.50. The zero-order chi connectivity index (χ0) is 20.2. The van der Waals surface area contributed by atoms with Crippen LogP contribution in [0.3, 0.4) is 0 Å².